The zero-order valence-electron chi connectivity index (χ0n) is 20.9. The molecule has 1 saturated heterocycles. The summed E-state index contributed by atoms with van der Waals surface area (Å²) in [6, 6.07) is 14.8. The predicted molar refractivity (Wildman–Crippen MR) is 149 cm³/mol. The lowest BCUT2D eigenvalue weighted by molar-refractivity contribution is -0.122. The Hall–Kier alpha value is -3.46. The second-order valence-electron chi connectivity index (χ2n) is 9.10. The van der Waals surface area contributed by atoms with Crippen molar-refractivity contribution in [3.05, 3.63) is 96.6 Å². The van der Waals surface area contributed by atoms with Crippen LogP contribution in [0.5, 0.6) is 5.75 Å². The highest BCUT2D eigenvalue weighted by Gasteiger charge is 2.37. The Balaban J connectivity index is 1.72. The van der Waals surface area contributed by atoms with Crippen LogP contribution < -0.4 is 15.0 Å². The van der Waals surface area contributed by atoms with Crippen molar-refractivity contribution in [2.24, 2.45) is 0 Å². The summed E-state index contributed by atoms with van der Waals surface area (Å²) in [5.74, 6) is -0.720. The molecule has 4 rings (SSSR count). The standard InChI is InChI=1S/C29H27IN2O4/c1-16-6-7-25(19(4)9-16)32-28(34)23(27(33)31-29(32)35)13-21-14-24(30)22(26(15-21)36-5)12-20-10-17(2)8-18(3)11-20/h6-11,13-15H,12H2,1-5H3,(H,31,33,35)/b23-13+. The fraction of sp³-hybridized carbons (Fsp3) is 0.207. The van der Waals surface area contributed by atoms with Crippen LogP contribution in [0.25, 0.3) is 6.08 Å². The van der Waals surface area contributed by atoms with Gasteiger partial charge in [0.05, 0.1) is 12.8 Å². The molecule has 0 saturated carbocycles. The number of halogens is 1. The summed E-state index contributed by atoms with van der Waals surface area (Å²) in [6.07, 6.45) is 2.20. The van der Waals surface area contributed by atoms with E-state index in [9.17, 15) is 14.4 Å². The third-order valence-corrected chi connectivity index (χ3v) is 7.03. The highest BCUT2D eigenvalue weighted by Crippen LogP contribution is 2.31. The molecular formula is C29H27IN2O4. The number of hydrogen-bond acceptors (Lipinski definition) is 4. The molecule has 1 aliphatic rings. The second kappa shape index (κ2) is 10.3. The van der Waals surface area contributed by atoms with Gasteiger partial charge < -0.3 is 4.74 Å². The third-order valence-electron chi connectivity index (χ3n) is 6.07. The molecule has 7 heteroatoms. The number of methoxy groups -OCH3 is 1. The van der Waals surface area contributed by atoms with Crippen molar-refractivity contribution in [3.8, 4) is 5.75 Å². The van der Waals surface area contributed by atoms with Gasteiger partial charge in [-0.05, 0) is 91.3 Å². The van der Waals surface area contributed by atoms with Gasteiger partial charge in [-0.2, -0.15) is 0 Å². The highest BCUT2D eigenvalue weighted by molar-refractivity contribution is 14.1. The number of nitrogens with one attached hydrogen (secondary N) is 1. The molecule has 6 nitrogen and oxygen atoms in total. The Kier molecular flexibility index (Phi) is 7.31. The van der Waals surface area contributed by atoms with Crippen LogP contribution in [0.15, 0.2) is 54.1 Å². The molecule has 4 amide bonds. The van der Waals surface area contributed by atoms with Gasteiger partial charge in [-0.25, -0.2) is 9.69 Å². The molecule has 0 atom stereocenters. The maximum atomic E-state index is 13.3. The van der Waals surface area contributed by atoms with E-state index < -0.39 is 17.8 Å². The molecule has 0 bridgehead atoms. The van der Waals surface area contributed by atoms with E-state index in [1.165, 1.54) is 22.8 Å². The number of carbonyl (C=O) groups excluding carboxylic acids is 3. The molecule has 36 heavy (non-hydrogen) atoms. The monoisotopic (exact) mass is 594 g/mol. The number of carbonyl (C=O) groups is 3. The van der Waals surface area contributed by atoms with Crippen LogP contribution in [0, 0.1) is 31.3 Å². The maximum Gasteiger partial charge on any atom is 0.335 e. The smallest absolute Gasteiger partial charge is 0.335 e. The minimum Gasteiger partial charge on any atom is -0.496 e. The van der Waals surface area contributed by atoms with E-state index in [0.717, 1.165) is 25.2 Å². The van der Waals surface area contributed by atoms with Gasteiger partial charge in [0.2, 0.25) is 0 Å². The largest absolute Gasteiger partial charge is 0.496 e. The first-order valence-electron chi connectivity index (χ1n) is 11.5. The number of rotatable bonds is 5. The van der Waals surface area contributed by atoms with Gasteiger partial charge in [0.25, 0.3) is 11.8 Å². The van der Waals surface area contributed by atoms with Crippen LogP contribution in [0.2, 0.25) is 0 Å². The summed E-state index contributed by atoms with van der Waals surface area (Å²) >= 11 is 2.25. The Morgan fingerprint density at radius 3 is 2.25 bits per heavy atom. The van der Waals surface area contributed by atoms with Gasteiger partial charge in [-0.3, -0.25) is 14.9 Å². The number of imide groups is 2. The molecule has 1 fully saturated rings. The van der Waals surface area contributed by atoms with Gasteiger partial charge in [0.1, 0.15) is 11.3 Å². The van der Waals surface area contributed by atoms with E-state index in [1.54, 1.807) is 13.2 Å². The van der Waals surface area contributed by atoms with Gasteiger partial charge in [-0.15, -0.1) is 0 Å². The van der Waals surface area contributed by atoms with Crippen molar-refractivity contribution in [2.75, 3.05) is 12.0 Å². The lowest BCUT2D eigenvalue weighted by Crippen LogP contribution is -2.54. The first-order chi connectivity index (χ1) is 17.1. The first kappa shape index (κ1) is 25.6. The normalized spacial score (nSPS) is 14.9. The summed E-state index contributed by atoms with van der Waals surface area (Å²) in [4.78, 5) is 39.6. The van der Waals surface area contributed by atoms with Crippen molar-refractivity contribution in [1.29, 1.82) is 0 Å². The third kappa shape index (κ3) is 5.21. The second-order valence-corrected chi connectivity index (χ2v) is 10.3. The molecule has 0 aliphatic carbocycles. The summed E-state index contributed by atoms with van der Waals surface area (Å²) in [5, 5.41) is 2.29. The number of nitrogens with zero attached hydrogens (tertiary/aromatic N) is 1. The van der Waals surface area contributed by atoms with Crippen LogP contribution in [0.4, 0.5) is 10.5 Å². The van der Waals surface area contributed by atoms with Crippen molar-refractivity contribution >= 4 is 52.2 Å². The van der Waals surface area contributed by atoms with Gasteiger partial charge in [0, 0.05) is 15.6 Å². The van der Waals surface area contributed by atoms with Crippen molar-refractivity contribution in [3.63, 3.8) is 0 Å². The van der Waals surface area contributed by atoms with Gasteiger partial charge in [0.15, 0.2) is 0 Å². The number of benzene rings is 3. The van der Waals surface area contributed by atoms with E-state index >= 15 is 0 Å². The Labute approximate surface area is 224 Å². The number of ether oxygens (including phenoxy) is 1. The maximum absolute atomic E-state index is 13.3. The summed E-state index contributed by atoms with van der Waals surface area (Å²) in [6.45, 7) is 7.91. The summed E-state index contributed by atoms with van der Waals surface area (Å²) in [5.41, 5.74) is 7.33. The van der Waals surface area contributed by atoms with Crippen LogP contribution in [-0.4, -0.2) is 25.0 Å². The zero-order valence-corrected chi connectivity index (χ0v) is 23.0. The summed E-state index contributed by atoms with van der Waals surface area (Å²) in [7, 11) is 1.60. The lowest BCUT2D eigenvalue weighted by atomic mass is 9.98. The molecule has 184 valence electrons. The molecule has 0 radical (unpaired) electrons. The van der Waals surface area contributed by atoms with Crippen LogP contribution in [-0.2, 0) is 16.0 Å². The molecule has 3 aromatic rings. The van der Waals surface area contributed by atoms with E-state index in [-0.39, 0.29) is 5.57 Å². The molecule has 1 aliphatic heterocycles. The number of anilines is 1. The first-order valence-corrected chi connectivity index (χ1v) is 12.6. The topological polar surface area (TPSA) is 75.7 Å². The molecule has 0 aromatic heterocycles. The number of amides is 4. The molecule has 1 heterocycles. The SMILES string of the molecule is COc1cc(/C=C2\C(=O)NC(=O)N(c3ccc(C)cc3C)C2=O)cc(I)c1Cc1cc(C)cc(C)c1. The van der Waals surface area contributed by atoms with E-state index in [4.69, 9.17) is 4.74 Å². The number of hydrogen-bond donors (Lipinski definition) is 1. The van der Waals surface area contributed by atoms with Gasteiger partial charge in [-0.1, -0.05) is 47.0 Å². The van der Waals surface area contributed by atoms with E-state index in [2.05, 4.69) is 60.0 Å². The van der Waals surface area contributed by atoms with Crippen molar-refractivity contribution < 1.29 is 19.1 Å². The number of urea groups is 1. The van der Waals surface area contributed by atoms with Crippen molar-refractivity contribution in [1.82, 2.24) is 5.32 Å². The Morgan fingerprint density at radius 1 is 0.917 bits per heavy atom. The minimum absolute atomic E-state index is 0.116. The molecule has 0 spiro atoms. The average molecular weight is 594 g/mol. The average Bonchev–Trinajstić information content (AvgIpc) is 2.78. The Bertz CT molecular complexity index is 1420. The van der Waals surface area contributed by atoms with E-state index in [0.29, 0.717) is 23.4 Å². The van der Waals surface area contributed by atoms with Crippen LogP contribution in [0.3, 0.4) is 0 Å². The lowest BCUT2D eigenvalue weighted by Gasteiger charge is -2.27. The fourth-order valence-corrected chi connectivity index (χ4v) is 5.36. The van der Waals surface area contributed by atoms with Crippen molar-refractivity contribution in [2.45, 2.75) is 34.1 Å². The number of aryl methyl sites for hydroxylation is 4. The fourth-order valence-electron chi connectivity index (χ4n) is 4.54. The summed E-state index contributed by atoms with van der Waals surface area (Å²) < 4.78 is 6.64. The zero-order chi connectivity index (χ0) is 26.1. The molecular weight excluding hydrogens is 567 g/mol. The molecule has 0 unspecified atom stereocenters. The van der Waals surface area contributed by atoms with E-state index in [1.807, 2.05) is 38.1 Å². The van der Waals surface area contributed by atoms with Crippen LogP contribution >= 0.6 is 22.6 Å². The van der Waals surface area contributed by atoms with Gasteiger partial charge >= 0.3 is 6.03 Å². The Morgan fingerprint density at radius 2 is 1.61 bits per heavy atom. The minimum atomic E-state index is -0.759. The quantitative estimate of drug-likeness (QED) is 0.231. The van der Waals surface area contributed by atoms with Crippen LogP contribution in [0.1, 0.15) is 38.9 Å². The highest BCUT2D eigenvalue weighted by atomic mass is 127. The molecule has 1 N–H and O–H groups in total. The number of barbiturate groups is 1. The predicted octanol–water partition coefficient (Wildman–Crippen LogP) is 5.79. The molecule has 3 aromatic carbocycles.